The number of hydrogen-bond acceptors (Lipinski definition) is 7. The number of piperidine rings is 1. The second kappa shape index (κ2) is 6.19. The standard InChI is InChI=1S/C12H18N6S2/c1-8-14-15-10(20-8)7-19-12-17-16-11(18(12)2)9-4-3-5-13-6-9/h9,13H,3-7H2,1-2H3. The van der Waals surface area contributed by atoms with Crippen molar-refractivity contribution in [1.82, 2.24) is 30.3 Å². The van der Waals surface area contributed by atoms with Crippen LogP contribution in [0, 0.1) is 6.92 Å². The van der Waals surface area contributed by atoms with Crippen molar-refractivity contribution in [2.45, 2.75) is 36.6 Å². The van der Waals surface area contributed by atoms with Gasteiger partial charge in [-0.2, -0.15) is 0 Å². The second-order valence-electron chi connectivity index (χ2n) is 4.95. The summed E-state index contributed by atoms with van der Waals surface area (Å²) in [5, 5.41) is 23.3. The number of rotatable bonds is 4. The van der Waals surface area contributed by atoms with Gasteiger partial charge in [-0.25, -0.2) is 0 Å². The molecule has 0 amide bonds. The molecule has 0 aromatic carbocycles. The Kier molecular flexibility index (Phi) is 4.32. The van der Waals surface area contributed by atoms with E-state index >= 15 is 0 Å². The lowest BCUT2D eigenvalue weighted by Gasteiger charge is -2.21. The van der Waals surface area contributed by atoms with Gasteiger partial charge in [0.2, 0.25) is 0 Å². The smallest absolute Gasteiger partial charge is 0.191 e. The number of aryl methyl sites for hydroxylation is 1. The Morgan fingerprint density at radius 2 is 2.25 bits per heavy atom. The van der Waals surface area contributed by atoms with Crippen LogP contribution in [0.15, 0.2) is 5.16 Å². The lowest BCUT2D eigenvalue weighted by Crippen LogP contribution is -2.29. The first-order chi connectivity index (χ1) is 9.74. The van der Waals surface area contributed by atoms with Gasteiger partial charge < -0.3 is 9.88 Å². The number of nitrogens with zero attached hydrogens (tertiary/aromatic N) is 5. The Morgan fingerprint density at radius 3 is 2.95 bits per heavy atom. The number of nitrogens with one attached hydrogen (secondary N) is 1. The molecule has 1 N–H and O–H groups in total. The molecule has 20 heavy (non-hydrogen) atoms. The van der Waals surface area contributed by atoms with Crippen molar-refractivity contribution in [2.24, 2.45) is 7.05 Å². The maximum Gasteiger partial charge on any atom is 0.191 e. The Morgan fingerprint density at radius 1 is 1.35 bits per heavy atom. The Labute approximate surface area is 126 Å². The molecule has 1 aliphatic rings. The fraction of sp³-hybridized carbons (Fsp3) is 0.667. The van der Waals surface area contributed by atoms with Gasteiger partial charge >= 0.3 is 0 Å². The van der Waals surface area contributed by atoms with E-state index in [1.54, 1.807) is 23.1 Å². The predicted octanol–water partition coefficient (Wildman–Crippen LogP) is 1.73. The fourth-order valence-electron chi connectivity index (χ4n) is 2.40. The van der Waals surface area contributed by atoms with E-state index in [1.807, 2.05) is 6.92 Å². The van der Waals surface area contributed by atoms with Crippen LogP contribution in [0.4, 0.5) is 0 Å². The van der Waals surface area contributed by atoms with E-state index in [-0.39, 0.29) is 0 Å². The fourth-order valence-corrected chi connectivity index (χ4v) is 4.01. The summed E-state index contributed by atoms with van der Waals surface area (Å²) in [4.78, 5) is 0. The van der Waals surface area contributed by atoms with Gasteiger partial charge in [-0.15, -0.1) is 31.7 Å². The monoisotopic (exact) mass is 310 g/mol. The van der Waals surface area contributed by atoms with Crippen molar-refractivity contribution in [1.29, 1.82) is 0 Å². The summed E-state index contributed by atoms with van der Waals surface area (Å²) in [5.41, 5.74) is 0. The summed E-state index contributed by atoms with van der Waals surface area (Å²) in [6.07, 6.45) is 2.41. The molecule has 0 aliphatic carbocycles. The van der Waals surface area contributed by atoms with Gasteiger partial charge in [-0.3, -0.25) is 0 Å². The van der Waals surface area contributed by atoms with Crippen LogP contribution in [0.5, 0.6) is 0 Å². The minimum atomic E-state index is 0.486. The first kappa shape index (κ1) is 14.0. The normalized spacial score (nSPS) is 19.4. The van der Waals surface area contributed by atoms with Gasteiger partial charge in [0.15, 0.2) is 5.16 Å². The SMILES string of the molecule is Cc1nnc(CSc2nnc(C3CCCNC3)n2C)s1. The minimum Gasteiger partial charge on any atom is -0.316 e. The van der Waals surface area contributed by atoms with Crippen LogP contribution in [0.25, 0.3) is 0 Å². The summed E-state index contributed by atoms with van der Waals surface area (Å²) < 4.78 is 2.12. The average molecular weight is 310 g/mol. The third-order valence-corrected chi connectivity index (χ3v) is 5.48. The summed E-state index contributed by atoms with van der Waals surface area (Å²) in [5.74, 6) is 2.38. The molecule has 8 heteroatoms. The van der Waals surface area contributed by atoms with E-state index < -0.39 is 0 Å². The average Bonchev–Trinajstić information content (AvgIpc) is 3.04. The van der Waals surface area contributed by atoms with Crippen molar-refractivity contribution in [3.63, 3.8) is 0 Å². The third kappa shape index (κ3) is 3.02. The summed E-state index contributed by atoms with van der Waals surface area (Å²) in [7, 11) is 2.05. The van der Waals surface area contributed by atoms with Crippen molar-refractivity contribution < 1.29 is 0 Å². The molecule has 2 aromatic rings. The molecule has 2 aromatic heterocycles. The summed E-state index contributed by atoms with van der Waals surface area (Å²) in [6.45, 7) is 4.10. The molecule has 1 aliphatic heterocycles. The Balaban J connectivity index is 1.66. The maximum atomic E-state index is 4.38. The number of hydrogen-bond donors (Lipinski definition) is 1. The molecule has 1 fully saturated rings. The first-order valence-corrected chi connectivity index (χ1v) is 8.56. The van der Waals surface area contributed by atoms with Crippen molar-refractivity contribution in [2.75, 3.05) is 13.1 Å². The van der Waals surface area contributed by atoms with E-state index in [9.17, 15) is 0 Å². The van der Waals surface area contributed by atoms with Crippen LogP contribution < -0.4 is 5.32 Å². The maximum absolute atomic E-state index is 4.38. The molecular weight excluding hydrogens is 292 g/mol. The van der Waals surface area contributed by atoms with Gasteiger partial charge in [0.05, 0.1) is 5.75 Å². The molecular formula is C12H18N6S2. The highest BCUT2D eigenvalue weighted by Crippen LogP contribution is 2.27. The Hall–Kier alpha value is -0.990. The quantitative estimate of drug-likeness (QED) is 0.868. The molecule has 1 saturated heterocycles. The van der Waals surface area contributed by atoms with E-state index in [1.165, 1.54) is 12.8 Å². The first-order valence-electron chi connectivity index (χ1n) is 6.76. The minimum absolute atomic E-state index is 0.486. The van der Waals surface area contributed by atoms with Crippen LogP contribution >= 0.6 is 23.1 Å². The van der Waals surface area contributed by atoms with Gasteiger partial charge in [-0.05, 0) is 26.3 Å². The zero-order chi connectivity index (χ0) is 13.9. The summed E-state index contributed by atoms with van der Waals surface area (Å²) >= 11 is 3.31. The van der Waals surface area contributed by atoms with Crippen molar-refractivity contribution >= 4 is 23.1 Å². The molecule has 1 unspecified atom stereocenters. The van der Waals surface area contributed by atoms with E-state index in [2.05, 4.69) is 37.3 Å². The molecule has 0 bridgehead atoms. The van der Waals surface area contributed by atoms with Gasteiger partial charge in [0.1, 0.15) is 15.8 Å². The second-order valence-corrected chi connectivity index (χ2v) is 7.16. The van der Waals surface area contributed by atoms with Crippen LogP contribution in [-0.2, 0) is 12.8 Å². The largest absolute Gasteiger partial charge is 0.316 e. The lowest BCUT2D eigenvalue weighted by atomic mass is 9.99. The molecule has 3 heterocycles. The van der Waals surface area contributed by atoms with Crippen molar-refractivity contribution in [3.8, 4) is 0 Å². The highest BCUT2D eigenvalue weighted by atomic mass is 32.2. The molecule has 0 radical (unpaired) electrons. The molecule has 0 saturated carbocycles. The molecule has 1 atom stereocenters. The van der Waals surface area contributed by atoms with Gasteiger partial charge in [0.25, 0.3) is 0 Å². The van der Waals surface area contributed by atoms with E-state index in [4.69, 9.17) is 0 Å². The number of thioether (sulfide) groups is 1. The van der Waals surface area contributed by atoms with E-state index in [0.29, 0.717) is 5.92 Å². The molecule has 3 rings (SSSR count). The highest BCUT2D eigenvalue weighted by Gasteiger charge is 2.21. The predicted molar refractivity (Wildman–Crippen MR) is 80.1 cm³/mol. The van der Waals surface area contributed by atoms with Crippen LogP contribution in [0.1, 0.15) is 34.6 Å². The molecule has 108 valence electrons. The molecule has 0 spiro atoms. The van der Waals surface area contributed by atoms with Crippen LogP contribution in [0.2, 0.25) is 0 Å². The van der Waals surface area contributed by atoms with Gasteiger partial charge in [0, 0.05) is 19.5 Å². The van der Waals surface area contributed by atoms with Gasteiger partial charge in [-0.1, -0.05) is 11.8 Å². The Bertz CT molecular complexity index is 572. The summed E-state index contributed by atoms with van der Waals surface area (Å²) in [6, 6.07) is 0. The van der Waals surface area contributed by atoms with E-state index in [0.717, 1.165) is 39.8 Å². The molecule has 6 nitrogen and oxygen atoms in total. The van der Waals surface area contributed by atoms with Crippen molar-refractivity contribution in [3.05, 3.63) is 15.8 Å². The van der Waals surface area contributed by atoms with Crippen LogP contribution in [-0.4, -0.2) is 38.1 Å². The van der Waals surface area contributed by atoms with Crippen LogP contribution in [0.3, 0.4) is 0 Å². The number of aromatic nitrogens is 5. The zero-order valence-corrected chi connectivity index (χ0v) is 13.3. The lowest BCUT2D eigenvalue weighted by molar-refractivity contribution is 0.436. The highest BCUT2D eigenvalue weighted by molar-refractivity contribution is 7.98. The third-order valence-electron chi connectivity index (χ3n) is 3.42. The topological polar surface area (TPSA) is 68.5 Å². The zero-order valence-electron chi connectivity index (χ0n) is 11.7.